The first kappa shape index (κ1) is 23.8. The van der Waals surface area contributed by atoms with E-state index in [2.05, 4.69) is 6.92 Å². The summed E-state index contributed by atoms with van der Waals surface area (Å²) in [4.78, 5) is 0. The number of hydrogen-bond acceptors (Lipinski definition) is 4. The molecule has 0 saturated carbocycles. The van der Waals surface area contributed by atoms with Crippen LogP contribution in [0.2, 0.25) is 0 Å². The highest BCUT2D eigenvalue weighted by Gasteiger charge is 2.12. The first-order valence-corrected chi connectivity index (χ1v) is 10.4. The van der Waals surface area contributed by atoms with E-state index in [9.17, 15) is 15.4 Å². The second kappa shape index (κ2) is 17.7. The van der Waals surface area contributed by atoms with Crippen LogP contribution in [-0.2, 0) is 0 Å². The Morgan fingerprint density at radius 1 is 0.667 bits per heavy atom. The van der Waals surface area contributed by atoms with Crippen molar-refractivity contribution < 1.29 is 15.4 Å². The average Bonchev–Trinajstić information content (AvgIpc) is 2.57. The fraction of sp³-hybridized carbons (Fsp3) is 1.00. The molecular weight excluding hydrogens is 302 g/mol. The molecular formula is C20H43NO3. The van der Waals surface area contributed by atoms with Gasteiger partial charge in [-0.2, -0.15) is 5.06 Å². The summed E-state index contributed by atoms with van der Waals surface area (Å²) in [5, 5.41) is 30.3. The Kier molecular flexibility index (Phi) is 17.5. The third-order valence-electron chi connectivity index (χ3n) is 4.77. The van der Waals surface area contributed by atoms with Gasteiger partial charge < -0.3 is 15.4 Å². The fourth-order valence-corrected chi connectivity index (χ4v) is 3.05. The summed E-state index contributed by atoms with van der Waals surface area (Å²) in [5.74, 6) is 0. The molecule has 0 amide bonds. The molecule has 0 aromatic heterocycles. The largest absolute Gasteiger partial charge is 0.393 e. The number of rotatable bonds is 18. The van der Waals surface area contributed by atoms with Crippen molar-refractivity contribution in [3.05, 3.63) is 0 Å². The molecule has 0 aliphatic heterocycles. The smallest absolute Gasteiger partial charge is 0.0578 e. The second-order valence-electron chi connectivity index (χ2n) is 7.20. The van der Waals surface area contributed by atoms with E-state index in [1.54, 1.807) is 0 Å². The lowest BCUT2D eigenvalue weighted by molar-refractivity contribution is -0.0941. The van der Waals surface area contributed by atoms with Crippen LogP contribution in [-0.4, -0.2) is 45.8 Å². The molecule has 0 radical (unpaired) electrons. The van der Waals surface area contributed by atoms with Crippen LogP contribution in [0, 0.1) is 0 Å². The summed E-state index contributed by atoms with van der Waals surface area (Å²) < 4.78 is 0. The predicted octanol–water partition coefficient (Wildman–Crippen LogP) is 4.90. The minimum atomic E-state index is -0.520. The molecule has 4 heteroatoms. The predicted molar refractivity (Wildman–Crippen MR) is 101 cm³/mol. The monoisotopic (exact) mass is 345 g/mol. The van der Waals surface area contributed by atoms with Gasteiger partial charge in [0.2, 0.25) is 0 Å². The van der Waals surface area contributed by atoms with Crippen molar-refractivity contribution in [3.8, 4) is 0 Å². The number of hydroxylamine groups is 2. The maximum absolute atomic E-state index is 9.95. The summed E-state index contributed by atoms with van der Waals surface area (Å²) in [6.07, 6.45) is 15.2. The molecule has 0 aliphatic carbocycles. The van der Waals surface area contributed by atoms with E-state index < -0.39 is 12.2 Å². The Morgan fingerprint density at radius 3 is 1.62 bits per heavy atom. The third kappa shape index (κ3) is 16.7. The zero-order valence-electron chi connectivity index (χ0n) is 16.3. The molecule has 2 unspecified atom stereocenters. The molecule has 2 atom stereocenters. The van der Waals surface area contributed by atoms with Crippen molar-refractivity contribution in [1.82, 2.24) is 5.06 Å². The highest BCUT2D eigenvalue weighted by atomic mass is 16.5. The quantitative estimate of drug-likeness (QED) is 0.244. The van der Waals surface area contributed by atoms with Gasteiger partial charge in [-0.3, -0.25) is 0 Å². The third-order valence-corrected chi connectivity index (χ3v) is 4.77. The van der Waals surface area contributed by atoms with Crippen molar-refractivity contribution in [3.63, 3.8) is 0 Å². The van der Waals surface area contributed by atoms with E-state index in [4.69, 9.17) is 0 Å². The van der Waals surface area contributed by atoms with Gasteiger partial charge in [-0.1, -0.05) is 84.5 Å². The van der Waals surface area contributed by atoms with Crippen LogP contribution < -0.4 is 0 Å². The van der Waals surface area contributed by atoms with Gasteiger partial charge in [0.1, 0.15) is 0 Å². The minimum absolute atomic E-state index is 0.410. The Hall–Kier alpha value is -0.160. The topological polar surface area (TPSA) is 63.9 Å². The highest BCUT2D eigenvalue weighted by molar-refractivity contribution is 4.65. The van der Waals surface area contributed by atoms with Crippen molar-refractivity contribution in [2.45, 2.75) is 116 Å². The van der Waals surface area contributed by atoms with Gasteiger partial charge in [0.25, 0.3) is 0 Å². The molecule has 146 valence electrons. The molecule has 24 heavy (non-hydrogen) atoms. The summed E-state index contributed by atoms with van der Waals surface area (Å²) >= 11 is 0. The average molecular weight is 346 g/mol. The van der Waals surface area contributed by atoms with Crippen LogP contribution in [0.4, 0.5) is 0 Å². The van der Waals surface area contributed by atoms with E-state index in [0.717, 1.165) is 12.8 Å². The Bertz CT molecular complexity index is 251. The first-order valence-electron chi connectivity index (χ1n) is 10.4. The number of nitrogens with zero attached hydrogens (tertiary/aromatic N) is 1. The molecule has 0 aliphatic rings. The van der Waals surface area contributed by atoms with Crippen LogP contribution in [0.15, 0.2) is 0 Å². The number of aliphatic hydroxyl groups is 2. The first-order chi connectivity index (χ1) is 11.6. The van der Waals surface area contributed by atoms with Crippen LogP contribution in [0.1, 0.15) is 104 Å². The number of aliphatic hydroxyl groups excluding tert-OH is 2. The number of hydrogen-bond donors (Lipinski definition) is 3. The van der Waals surface area contributed by atoms with Crippen molar-refractivity contribution >= 4 is 0 Å². The van der Waals surface area contributed by atoms with E-state index in [0.29, 0.717) is 25.9 Å². The van der Waals surface area contributed by atoms with E-state index in [1.165, 1.54) is 69.3 Å². The summed E-state index contributed by atoms with van der Waals surface area (Å²) in [6.45, 7) is 5.15. The van der Waals surface area contributed by atoms with Crippen LogP contribution in [0.25, 0.3) is 0 Å². The van der Waals surface area contributed by atoms with E-state index in [-0.39, 0.29) is 0 Å². The maximum Gasteiger partial charge on any atom is 0.0578 e. The van der Waals surface area contributed by atoms with Gasteiger partial charge in [0.05, 0.1) is 12.2 Å². The standard InChI is InChI=1S/C20H43NO3/c1-3-5-6-7-8-9-10-11-12-13-14-15-19(22)18-20(23)16-17-21(24)4-2/h19-20,22-24H,3-18H2,1-2H3. The van der Waals surface area contributed by atoms with Crippen LogP contribution in [0.3, 0.4) is 0 Å². The molecule has 0 fully saturated rings. The lowest BCUT2D eigenvalue weighted by Gasteiger charge is -2.18. The Morgan fingerprint density at radius 2 is 1.12 bits per heavy atom. The minimum Gasteiger partial charge on any atom is -0.393 e. The summed E-state index contributed by atoms with van der Waals surface area (Å²) in [5.41, 5.74) is 0. The van der Waals surface area contributed by atoms with Crippen LogP contribution in [0.5, 0.6) is 0 Å². The Labute approximate surface area is 150 Å². The molecule has 0 bridgehead atoms. The second-order valence-corrected chi connectivity index (χ2v) is 7.20. The van der Waals surface area contributed by atoms with Crippen LogP contribution >= 0.6 is 0 Å². The van der Waals surface area contributed by atoms with Gasteiger partial charge in [-0.05, 0) is 19.3 Å². The molecule has 0 spiro atoms. The van der Waals surface area contributed by atoms with Crippen molar-refractivity contribution in [2.24, 2.45) is 0 Å². The van der Waals surface area contributed by atoms with Gasteiger partial charge in [-0.15, -0.1) is 0 Å². The lowest BCUT2D eigenvalue weighted by Crippen LogP contribution is -2.26. The van der Waals surface area contributed by atoms with E-state index in [1.807, 2.05) is 6.92 Å². The van der Waals surface area contributed by atoms with Gasteiger partial charge in [0, 0.05) is 13.1 Å². The zero-order chi connectivity index (χ0) is 18.0. The molecule has 0 aromatic rings. The van der Waals surface area contributed by atoms with E-state index >= 15 is 0 Å². The highest BCUT2D eigenvalue weighted by Crippen LogP contribution is 2.14. The van der Waals surface area contributed by atoms with Gasteiger partial charge >= 0.3 is 0 Å². The van der Waals surface area contributed by atoms with Crippen molar-refractivity contribution in [1.29, 1.82) is 0 Å². The Balaban J connectivity index is 3.32. The SMILES string of the molecule is CCCCCCCCCCCCCC(O)CC(O)CCN(O)CC. The molecule has 0 rings (SSSR count). The normalized spacial score (nSPS) is 14.2. The summed E-state index contributed by atoms with van der Waals surface area (Å²) in [7, 11) is 0. The molecule has 3 N–H and O–H groups in total. The molecule has 4 nitrogen and oxygen atoms in total. The zero-order valence-corrected chi connectivity index (χ0v) is 16.3. The number of unbranched alkanes of at least 4 members (excludes halogenated alkanes) is 10. The van der Waals surface area contributed by atoms with Gasteiger partial charge in [-0.25, -0.2) is 0 Å². The van der Waals surface area contributed by atoms with Crippen molar-refractivity contribution in [2.75, 3.05) is 13.1 Å². The molecule has 0 heterocycles. The maximum atomic E-state index is 9.95. The molecule has 0 aromatic carbocycles. The fourth-order valence-electron chi connectivity index (χ4n) is 3.05. The lowest BCUT2D eigenvalue weighted by atomic mass is 10.0. The molecule has 0 saturated heterocycles. The van der Waals surface area contributed by atoms with Gasteiger partial charge in [0.15, 0.2) is 0 Å². The summed E-state index contributed by atoms with van der Waals surface area (Å²) in [6, 6.07) is 0.